The summed E-state index contributed by atoms with van der Waals surface area (Å²) in [6.07, 6.45) is 61.5. The van der Waals surface area contributed by atoms with Gasteiger partial charge in [-0.2, -0.15) is 0 Å². The van der Waals surface area contributed by atoms with E-state index in [0.29, 0.717) is 19.3 Å². The Kier molecular flexibility index (Phi) is 48.8. The molecule has 0 spiro atoms. The van der Waals surface area contributed by atoms with Gasteiger partial charge in [-0.1, -0.05) is 243 Å². The van der Waals surface area contributed by atoms with Crippen molar-refractivity contribution in [3.05, 3.63) is 48.6 Å². The Morgan fingerprint density at radius 1 is 0.339 bits per heavy atom. The van der Waals surface area contributed by atoms with Gasteiger partial charge < -0.3 is 14.2 Å². The minimum Gasteiger partial charge on any atom is -0.462 e. The fraction of sp³-hybridized carbons (Fsp3) is 0.804. The molecule has 0 aliphatic carbocycles. The second-order valence-corrected chi connectivity index (χ2v) is 17.8. The van der Waals surface area contributed by atoms with Crippen molar-refractivity contribution in [2.75, 3.05) is 13.2 Å². The standard InChI is InChI=1S/C56H100O6/c1-4-7-10-13-16-18-19-20-21-22-23-24-25-26-27-28-29-30-31-32-33-34-35-36-37-39-40-43-46-49-55(58)61-52-53(51-60-54(57)48-45-42-15-12-9-6-3)62-56(59)50-47-44-41-38-17-14-11-8-5-2/h7,10,16,18,20-21,23-24,53H,4-6,8-9,11-15,17,19,22,25-52H2,1-3H3/b10-7-,18-16-,21-20-,24-23-. The smallest absolute Gasteiger partial charge is 0.306 e. The SMILES string of the molecule is CC/C=C\C/C=C\C/C=C\C/C=C\CCCCCCCCCCCCCCCCCCC(=O)OCC(COC(=O)CCCCCCCC)OC(=O)CCCCCCCCCCC. The first-order chi connectivity index (χ1) is 30.5. The van der Waals surface area contributed by atoms with E-state index in [1.54, 1.807) is 0 Å². The Morgan fingerprint density at radius 3 is 0.984 bits per heavy atom. The fourth-order valence-corrected chi connectivity index (χ4v) is 7.61. The van der Waals surface area contributed by atoms with Crippen molar-refractivity contribution >= 4 is 17.9 Å². The van der Waals surface area contributed by atoms with Crippen LogP contribution in [0.25, 0.3) is 0 Å². The monoisotopic (exact) mass is 869 g/mol. The van der Waals surface area contributed by atoms with E-state index in [9.17, 15) is 14.4 Å². The predicted molar refractivity (Wildman–Crippen MR) is 265 cm³/mol. The van der Waals surface area contributed by atoms with Crippen LogP contribution in [0.15, 0.2) is 48.6 Å². The first kappa shape index (κ1) is 59.4. The molecule has 0 radical (unpaired) electrons. The molecule has 0 rings (SSSR count). The maximum Gasteiger partial charge on any atom is 0.306 e. The van der Waals surface area contributed by atoms with E-state index in [1.807, 2.05) is 0 Å². The zero-order chi connectivity index (χ0) is 45.1. The summed E-state index contributed by atoms with van der Waals surface area (Å²) in [4.78, 5) is 37.6. The van der Waals surface area contributed by atoms with E-state index >= 15 is 0 Å². The lowest BCUT2D eigenvalue weighted by Gasteiger charge is -2.18. The number of rotatable bonds is 48. The van der Waals surface area contributed by atoms with Crippen molar-refractivity contribution in [3.63, 3.8) is 0 Å². The Balaban J connectivity index is 3.94. The van der Waals surface area contributed by atoms with Gasteiger partial charge in [0.15, 0.2) is 6.10 Å². The number of carbonyl (C=O) groups is 3. The van der Waals surface area contributed by atoms with Crippen LogP contribution in [-0.4, -0.2) is 37.2 Å². The summed E-state index contributed by atoms with van der Waals surface area (Å²) in [6, 6.07) is 0. The highest BCUT2D eigenvalue weighted by molar-refractivity contribution is 5.71. The summed E-state index contributed by atoms with van der Waals surface area (Å²) >= 11 is 0. The molecule has 0 saturated carbocycles. The van der Waals surface area contributed by atoms with Crippen LogP contribution in [0.1, 0.15) is 271 Å². The quantitative estimate of drug-likeness (QED) is 0.0262. The van der Waals surface area contributed by atoms with Gasteiger partial charge in [0.25, 0.3) is 0 Å². The molecular weight excluding hydrogens is 769 g/mol. The van der Waals surface area contributed by atoms with Gasteiger partial charge in [-0.15, -0.1) is 0 Å². The predicted octanol–water partition coefficient (Wildman–Crippen LogP) is 17.5. The Hall–Kier alpha value is -2.63. The van der Waals surface area contributed by atoms with Crippen LogP contribution in [0.4, 0.5) is 0 Å². The van der Waals surface area contributed by atoms with Crippen LogP contribution in [-0.2, 0) is 28.6 Å². The van der Waals surface area contributed by atoms with Crippen molar-refractivity contribution in [1.29, 1.82) is 0 Å². The minimum absolute atomic E-state index is 0.0691. The van der Waals surface area contributed by atoms with E-state index < -0.39 is 6.10 Å². The van der Waals surface area contributed by atoms with Crippen molar-refractivity contribution in [2.45, 2.75) is 277 Å². The molecule has 0 N–H and O–H groups in total. The van der Waals surface area contributed by atoms with Crippen molar-refractivity contribution in [1.82, 2.24) is 0 Å². The molecule has 6 nitrogen and oxygen atoms in total. The first-order valence-electron chi connectivity index (χ1n) is 26.6. The third kappa shape index (κ3) is 48.4. The third-order valence-electron chi connectivity index (χ3n) is 11.6. The first-order valence-corrected chi connectivity index (χ1v) is 26.6. The number of esters is 3. The van der Waals surface area contributed by atoms with Gasteiger partial charge >= 0.3 is 17.9 Å². The molecular formula is C56H100O6. The van der Waals surface area contributed by atoms with Gasteiger partial charge in [-0.25, -0.2) is 0 Å². The van der Waals surface area contributed by atoms with Crippen LogP contribution in [0.2, 0.25) is 0 Å². The van der Waals surface area contributed by atoms with Gasteiger partial charge in [0, 0.05) is 19.3 Å². The van der Waals surface area contributed by atoms with Gasteiger partial charge in [0.05, 0.1) is 0 Å². The summed E-state index contributed by atoms with van der Waals surface area (Å²) in [6.45, 7) is 6.46. The van der Waals surface area contributed by atoms with Crippen LogP contribution in [0.5, 0.6) is 0 Å². The molecule has 360 valence electrons. The van der Waals surface area contributed by atoms with Gasteiger partial charge in [-0.3, -0.25) is 14.4 Å². The van der Waals surface area contributed by atoms with Gasteiger partial charge in [-0.05, 0) is 57.8 Å². The number of hydrogen-bond donors (Lipinski definition) is 0. The molecule has 1 atom stereocenters. The van der Waals surface area contributed by atoms with Crippen LogP contribution in [0, 0.1) is 0 Å². The summed E-state index contributed by atoms with van der Waals surface area (Å²) in [7, 11) is 0. The normalized spacial score (nSPS) is 12.4. The van der Waals surface area contributed by atoms with E-state index in [4.69, 9.17) is 14.2 Å². The van der Waals surface area contributed by atoms with Crippen LogP contribution < -0.4 is 0 Å². The Labute approximate surface area is 384 Å². The lowest BCUT2D eigenvalue weighted by atomic mass is 10.0. The van der Waals surface area contributed by atoms with Gasteiger partial charge in [0.1, 0.15) is 13.2 Å². The Bertz CT molecular complexity index is 1090. The lowest BCUT2D eigenvalue weighted by molar-refractivity contribution is -0.167. The summed E-state index contributed by atoms with van der Waals surface area (Å²) in [5.41, 5.74) is 0. The molecule has 0 aliphatic rings. The molecule has 0 amide bonds. The number of unbranched alkanes of at least 4 members (excludes halogenated alkanes) is 29. The summed E-state index contributed by atoms with van der Waals surface area (Å²) < 4.78 is 16.7. The van der Waals surface area contributed by atoms with Crippen molar-refractivity contribution in [3.8, 4) is 0 Å². The van der Waals surface area contributed by atoms with E-state index in [1.165, 1.54) is 148 Å². The molecule has 0 heterocycles. The molecule has 0 bridgehead atoms. The zero-order valence-corrected chi connectivity index (χ0v) is 41.1. The van der Waals surface area contributed by atoms with E-state index in [0.717, 1.165) is 83.5 Å². The molecule has 1 unspecified atom stereocenters. The van der Waals surface area contributed by atoms with Crippen molar-refractivity contribution in [2.24, 2.45) is 0 Å². The molecule has 62 heavy (non-hydrogen) atoms. The Morgan fingerprint density at radius 2 is 0.629 bits per heavy atom. The molecule has 0 aromatic heterocycles. The second-order valence-electron chi connectivity index (χ2n) is 17.8. The van der Waals surface area contributed by atoms with E-state index in [-0.39, 0.29) is 31.1 Å². The molecule has 0 aliphatic heterocycles. The highest BCUT2D eigenvalue weighted by atomic mass is 16.6. The molecule has 0 saturated heterocycles. The highest BCUT2D eigenvalue weighted by Gasteiger charge is 2.19. The largest absolute Gasteiger partial charge is 0.462 e. The molecule has 6 heteroatoms. The van der Waals surface area contributed by atoms with E-state index in [2.05, 4.69) is 69.4 Å². The third-order valence-corrected chi connectivity index (χ3v) is 11.6. The molecule has 0 aromatic carbocycles. The topological polar surface area (TPSA) is 78.9 Å². The summed E-state index contributed by atoms with van der Waals surface area (Å²) in [5.74, 6) is -0.874. The summed E-state index contributed by atoms with van der Waals surface area (Å²) in [5, 5.41) is 0. The lowest BCUT2D eigenvalue weighted by Crippen LogP contribution is -2.30. The maximum atomic E-state index is 12.7. The average Bonchev–Trinajstić information content (AvgIpc) is 3.27. The number of ether oxygens (including phenoxy) is 3. The van der Waals surface area contributed by atoms with Crippen molar-refractivity contribution < 1.29 is 28.6 Å². The minimum atomic E-state index is -0.763. The average molecular weight is 869 g/mol. The number of hydrogen-bond acceptors (Lipinski definition) is 6. The van der Waals surface area contributed by atoms with Gasteiger partial charge in [0.2, 0.25) is 0 Å². The molecule has 0 aromatic rings. The highest BCUT2D eigenvalue weighted by Crippen LogP contribution is 2.16. The van der Waals surface area contributed by atoms with Crippen LogP contribution >= 0.6 is 0 Å². The number of allylic oxidation sites excluding steroid dienone is 8. The van der Waals surface area contributed by atoms with Crippen LogP contribution in [0.3, 0.4) is 0 Å². The zero-order valence-electron chi connectivity index (χ0n) is 41.1. The number of carbonyl (C=O) groups excluding carboxylic acids is 3. The fourth-order valence-electron chi connectivity index (χ4n) is 7.61. The molecule has 0 fully saturated rings. The second kappa shape index (κ2) is 51.0. The maximum absolute atomic E-state index is 12.7.